The number of benzene rings is 2. The molecular formula is C30H33FN2O6. The molecule has 5 rings (SSSR count). The number of halogens is 1. The molecule has 8 nitrogen and oxygen atoms in total. The summed E-state index contributed by atoms with van der Waals surface area (Å²) in [5.74, 6) is 0.945. The van der Waals surface area contributed by atoms with E-state index >= 15 is 0 Å². The minimum Gasteiger partial charge on any atom is -0.493 e. The number of aliphatic hydroxyl groups is 2. The fourth-order valence-corrected chi connectivity index (χ4v) is 5.29. The number of pyridine rings is 1. The summed E-state index contributed by atoms with van der Waals surface area (Å²) in [6.45, 7) is 2.96. The fourth-order valence-electron chi connectivity index (χ4n) is 5.29. The van der Waals surface area contributed by atoms with Gasteiger partial charge in [0, 0.05) is 23.1 Å². The summed E-state index contributed by atoms with van der Waals surface area (Å²) in [6.07, 6.45) is 2.10. The van der Waals surface area contributed by atoms with E-state index in [1.165, 1.54) is 19.2 Å². The molecule has 206 valence electrons. The first-order valence-corrected chi connectivity index (χ1v) is 13.1. The number of carbonyl (C=O) groups excluding carboxylic acids is 1. The quantitative estimate of drug-likeness (QED) is 0.332. The Morgan fingerprint density at radius 1 is 1.21 bits per heavy atom. The van der Waals surface area contributed by atoms with Crippen molar-refractivity contribution in [2.45, 2.75) is 43.7 Å². The number of ketones is 1. The van der Waals surface area contributed by atoms with Gasteiger partial charge in [-0.3, -0.25) is 4.79 Å². The molecule has 2 atom stereocenters. The molecule has 3 N–H and O–H groups in total. The number of hydrogen-bond acceptors (Lipinski definition) is 8. The molecule has 2 unspecified atom stereocenters. The minimum absolute atomic E-state index is 0.0670. The summed E-state index contributed by atoms with van der Waals surface area (Å²) < 4.78 is 30.6. The first kappa shape index (κ1) is 27.1. The van der Waals surface area contributed by atoms with Crippen LogP contribution in [0.15, 0.2) is 48.5 Å². The van der Waals surface area contributed by atoms with Crippen molar-refractivity contribution in [3.63, 3.8) is 0 Å². The molecule has 1 saturated heterocycles. The van der Waals surface area contributed by atoms with Crippen LogP contribution in [0.1, 0.15) is 54.2 Å². The lowest BCUT2D eigenvalue weighted by Gasteiger charge is -2.27. The maximum absolute atomic E-state index is 13.7. The molecule has 0 bridgehead atoms. The Hall–Kier alpha value is -3.53. The lowest BCUT2D eigenvalue weighted by Crippen LogP contribution is -2.38. The molecule has 2 aliphatic rings. The molecule has 39 heavy (non-hydrogen) atoms. The molecule has 0 radical (unpaired) electrons. The molecule has 2 aromatic carbocycles. The number of fused-ring (bicyclic) bond motifs is 2. The molecule has 2 aliphatic heterocycles. The topological polar surface area (TPSA) is 110 Å². The van der Waals surface area contributed by atoms with E-state index in [1.54, 1.807) is 37.3 Å². The van der Waals surface area contributed by atoms with Gasteiger partial charge in [-0.2, -0.15) is 0 Å². The van der Waals surface area contributed by atoms with Gasteiger partial charge in [0.2, 0.25) is 0 Å². The first-order chi connectivity index (χ1) is 18.8. The minimum atomic E-state index is -1.42. The van der Waals surface area contributed by atoms with Crippen molar-refractivity contribution < 1.29 is 33.6 Å². The standard InChI is InChI=1S/C30H33FN2O6/c1-29(36,12-10-23(35)20-6-9-24(38-15-14-34)25(16-20)37-2)26-17-22-28(39-18-30(22)11-3-13-32-30)27(33-26)19-4-7-21(31)8-5-19/h4-9,16-17,32,34,36H,3,10-15,18H2,1-2H3. The number of hydrogen-bond donors (Lipinski definition) is 3. The third kappa shape index (κ3) is 5.34. The van der Waals surface area contributed by atoms with Gasteiger partial charge >= 0.3 is 0 Å². The number of Topliss-reactive ketones (excluding diaryl/α,β-unsaturated/α-hetero) is 1. The van der Waals surface area contributed by atoms with Gasteiger partial charge < -0.3 is 29.7 Å². The highest BCUT2D eigenvalue weighted by atomic mass is 19.1. The lowest BCUT2D eigenvalue weighted by atomic mass is 9.86. The number of aliphatic hydroxyl groups excluding tert-OH is 1. The summed E-state index contributed by atoms with van der Waals surface area (Å²) in [4.78, 5) is 17.9. The normalized spacial score (nSPS) is 19.4. The molecule has 3 heterocycles. The van der Waals surface area contributed by atoms with Crippen LogP contribution in [0.3, 0.4) is 0 Å². The molecule has 3 aromatic rings. The van der Waals surface area contributed by atoms with Crippen LogP contribution in [-0.4, -0.2) is 54.5 Å². The van der Waals surface area contributed by atoms with Gasteiger partial charge in [0.05, 0.1) is 24.9 Å². The van der Waals surface area contributed by atoms with Crippen molar-refractivity contribution in [2.75, 3.05) is 33.5 Å². The Balaban J connectivity index is 1.43. The third-order valence-electron chi connectivity index (χ3n) is 7.54. The molecular weight excluding hydrogens is 503 g/mol. The molecule has 1 aromatic heterocycles. The predicted octanol–water partition coefficient (Wildman–Crippen LogP) is 4.11. The van der Waals surface area contributed by atoms with E-state index < -0.39 is 5.60 Å². The second-order valence-electron chi connectivity index (χ2n) is 10.3. The molecule has 9 heteroatoms. The van der Waals surface area contributed by atoms with Crippen molar-refractivity contribution in [3.8, 4) is 28.5 Å². The average molecular weight is 537 g/mol. The molecule has 1 fully saturated rings. The van der Waals surface area contributed by atoms with Gasteiger partial charge in [0.25, 0.3) is 0 Å². The van der Waals surface area contributed by atoms with E-state index in [1.807, 2.05) is 6.07 Å². The van der Waals surface area contributed by atoms with E-state index in [9.17, 15) is 14.3 Å². The van der Waals surface area contributed by atoms with Crippen LogP contribution in [-0.2, 0) is 11.1 Å². The van der Waals surface area contributed by atoms with Gasteiger partial charge in [-0.25, -0.2) is 9.37 Å². The first-order valence-electron chi connectivity index (χ1n) is 13.1. The number of nitrogens with zero attached hydrogens (tertiary/aromatic N) is 1. The van der Waals surface area contributed by atoms with Crippen molar-refractivity contribution in [3.05, 3.63) is 71.2 Å². The Labute approximate surface area is 226 Å². The largest absolute Gasteiger partial charge is 0.493 e. The van der Waals surface area contributed by atoms with E-state index in [4.69, 9.17) is 24.3 Å². The van der Waals surface area contributed by atoms with Crippen molar-refractivity contribution in [1.29, 1.82) is 0 Å². The van der Waals surface area contributed by atoms with E-state index in [0.29, 0.717) is 46.4 Å². The van der Waals surface area contributed by atoms with Crippen LogP contribution in [0, 0.1) is 5.82 Å². The Morgan fingerprint density at radius 3 is 2.69 bits per heavy atom. The van der Waals surface area contributed by atoms with Gasteiger partial charge in [-0.1, -0.05) is 0 Å². The zero-order valence-corrected chi connectivity index (χ0v) is 22.1. The maximum Gasteiger partial charge on any atom is 0.163 e. The van der Waals surface area contributed by atoms with Crippen molar-refractivity contribution in [1.82, 2.24) is 10.3 Å². The van der Waals surface area contributed by atoms with Crippen LogP contribution in [0.2, 0.25) is 0 Å². The summed E-state index contributed by atoms with van der Waals surface area (Å²) in [5.41, 5.74) is 1.24. The number of ether oxygens (including phenoxy) is 3. The molecule has 0 amide bonds. The summed E-state index contributed by atoms with van der Waals surface area (Å²) in [5, 5.41) is 24.2. The Bertz CT molecular complexity index is 1350. The smallest absolute Gasteiger partial charge is 0.163 e. The van der Waals surface area contributed by atoms with Crippen LogP contribution in [0.5, 0.6) is 17.2 Å². The van der Waals surface area contributed by atoms with E-state index in [0.717, 1.165) is 24.9 Å². The van der Waals surface area contributed by atoms with Crippen molar-refractivity contribution in [2.24, 2.45) is 0 Å². The van der Waals surface area contributed by atoms with Gasteiger partial charge in [-0.05, 0) is 81.3 Å². The Kier molecular flexibility index (Phi) is 7.57. The summed E-state index contributed by atoms with van der Waals surface area (Å²) >= 11 is 0. The fraction of sp³-hybridized carbons (Fsp3) is 0.400. The van der Waals surface area contributed by atoms with E-state index in [-0.39, 0.29) is 43.2 Å². The SMILES string of the molecule is COc1cc(C(=O)CCC(C)(O)c2cc3c(c(-c4ccc(F)cc4)n2)OCC32CCCN2)ccc1OCCO. The summed E-state index contributed by atoms with van der Waals surface area (Å²) in [6, 6.07) is 12.8. The highest BCUT2D eigenvalue weighted by molar-refractivity contribution is 5.96. The third-order valence-corrected chi connectivity index (χ3v) is 7.54. The number of nitrogens with one attached hydrogen (secondary N) is 1. The number of rotatable bonds is 10. The van der Waals surface area contributed by atoms with Crippen LogP contribution >= 0.6 is 0 Å². The highest BCUT2D eigenvalue weighted by Crippen LogP contribution is 2.48. The molecule has 1 spiro atoms. The molecule has 0 saturated carbocycles. The van der Waals surface area contributed by atoms with Crippen LogP contribution < -0.4 is 19.5 Å². The van der Waals surface area contributed by atoms with Crippen LogP contribution in [0.25, 0.3) is 11.3 Å². The highest BCUT2D eigenvalue weighted by Gasteiger charge is 2.45. The average Bonchev–Trinajstić information content (AvgIpc) is 3.58. The monoisotopic (exact) mass is 536 g/mol. The summed E-state index contributed by atoms with van der Waals surface area (Å²) in [7, 11) is 1.48. The van der Waals surface area contributed by atoms with Gasteiger partial charge in [0.1, 0.15) is 30.3 Å². The number of carbonyl (C=O) groups is 1. The number of methoxy groups -OCH3 is 1. The van der Waals surface area contributed by atoms with Crippen molar-refractivity contribution >= 4 is 5.78 Å². The lowest BCUT2D eigenvalue weighted by molar-refractivity contribution is 0.0396. The zero-order valence-electron chi connectivity index (χ0n) is 22.1. The molecule has 0 aliphatic carbocycles. The van der Waals surface area contributed by atoms with Gasteiger partial charge in [0.15, 0.2) is 23.0 Å². The second kappa shape index (κ2) is 10.9. The number of aromatic nitrogens is 1. The Morgan fingerprint density at radius 2 is 2.00 bits per heavy atom. The second-order valence-corrected chi connectivity index (χ2v) is 10.3. The zero-order chi connectivity index (χ0) is 27.6. The van der Waals surface area contributed by atoms with Crippen LogP contribution in [0.4, 0.5) is 4.39 Å². The maximum atomic E-state index is 13.7. The van der Waals surface area contributed by atoms with E-state index in [2.05, 4.69) is 5.32 Å². The predicted molar refractivity (Wildman–Crippen MR) is 143 cm³/mol. The van der Waals surface area contributed by atoms with Gasteiger partial charge in [-0.15, -0.1) is 0 Å².